The molecule has 37 heavy (non-hydrogen) atoms. The molecule has 0 aliphatic heterocycles. The Bertz CT molecular complexity index is 485. The SMILES string of the molecule is CCCCCCCCCCCC(=O)NC[N+](CCO)(CCO)CNC(=O)CCCCCCCCCCC. The van der Waals surface area contributed by atoms with Crippen LogP contribution in [-0.4, -0.2) is 66.2 Å². The van der Waals surface area contributed by atoms with Crippen molar-refractivity contribution in [2.24, 2.45) is 0 Å². The molecule has 0 saturated carbocycles. The van der Waals surface area contributed by atoms with Gasteiger partial charge in [0.15, 0.2) is 13.3 Å². The van der Waals surface area contributed by atoms with Gasteiger partial charge in [-0.2, -0.15) is 0 Å². The summed E-state index contributed by atoms with van der Waals surface area (Å²) in [6.45, 7) is 5.68. The summed E-state index contributed by atoms with van der Waals surface area (Å²) in [5, 5.41) is 25.2. The minimum atomic E-state index is -0.0672. The maximum atomic E-state index is 12.4. The van der Waals surface area contributed by atoms with E-state index in [1.54, 1.807) is 0 Å². The van der Waals surface area contributed by atoms with Crippen LogP contribution < -0.4 is 10.6 Å². The highest BCUT2D eigenvalue weighted by Crippen LogP contribution is 2.12. The van der Waals surface area contributed by atoms with Crippen LogP contribution in [0.4, 0.5) is 0 Å². The molecule has 0 fully saturated rings. The zero-order valence-electron chi connectivity index (χ0n) is 24.5. The molecule has 0 atom stereocenters. The summed E-state index contributed by atoms with van der Waals surface area (Å²) in [7, 11) is 0. The Kier molecular flexibility index (Phi) is 25.6. The van der Waals surface area contributed by atoms with Gasteiger partial charge in [-0.15, -0.1) is 0 Å². The average Bonchev–Trinajstić information content (AvgIpc) is 2.89. The van der Waals surface area contributed by atoms with Gasteiger partial charge in [0.2, 0.25) is 11.8 Å². The number of hydrogen-bond acceptors (Lipinski definition) is 4. The van der Waals surface area contributed by atoms with E-state index in [-0.39, 0.29) is 29.5 Å². The van der Waals surface area contributed by atoms with Crippen molar-refractivity contribution in [3.8, 4) is 0 Å². The smallest absolute Gasteiger partial charge is 0.224 e. The van der Waals surface area contributed by atoms with Gasteiger partial charge in [-0.1, -0.05) is 117 Å². The van der Waals surface area contributed by atoms with E-state index in [0.29, 0.717) is 39.3 Å². The van der Waals surface area contributed by atoms with Crippen LogP contribution in [0.3, 0.4) is 0 Å². The lowest BCUT2D eigenvalue weighted by Gasteiger charge is -2.37. The minimum absolute atomic E-state index is 0.00217. The molecule has 7 heteroatoms. The van der Waals surface area contributed by atoms with E-state index in [9.17, 15) is 19.8 Å². The molecule has 0 rings (SSSR count). The predicted molar refractivity (Wildman–Crippen MR) is 154 cm³/mol. The summed E-state index contributed by atoms with van der Waals surface area (Å²) in [5.74, 6) is 0.00434. The number of unbranched alkanes of at least 4 members (excludes halogenated alkanes) is 16. The van der Waals surface area contributed by atoms with Crippen molar-refractivity contribution in [3.63, 3.8) is 0 Å². The van der Waals surface area contributed by atoms with Crippen molar-refractivity contribution in [1.29, 1.82) is 0 Å². The first-order valence-electron chi connectivity index (χ1n) is 15.6. The molecule has 0 aromatic rings. The molecule has 0 aliphatic rings. The molecule has 0 saturated heterocycles. The highest BCUT2D eigenvalue weighted by Gasteiger charge is 2.27. The van der Waals surface area contributed by atoms with E-state index >= 15 is 0 Å². The molecule has 7 nitrogen and oxygen atoms in total. The van der Waals surface area contributed by atoms with Gasteiger partial charge in [-0.25, -0.2) is 0 Å². The third-order valence-corrected chi connectivity index (χ3v) is 7.39. The first kappa shape index (κ1) is 35.8. The lowest BCUT2D eigenvalue weighted by atomic mass is 10.1. The quantitative estimate of drug-likeness (QED) is 0.0588. The van der Waals surface area contributed by atoms with Crippen molar-refractivity contribution in [3.05, 3.63) is 0 Å². The van der Waals surface area contributed by atoms with Crippen LogP contribution in [0.25, 0.3) is 0 Å². The Labute approximate surface area is 228 Å². The average molecular weight is 529 g/mol. The van der Waals surface area contributed by atoms with Gasteiger partial charge in [0.05, 0.1) is 13.2 Å². The van der Waals surface area contributed by atoms with Crippen molar-refractivity contribution < 1.29 is 24.3 Å². The molecule has 0 aromatic carbocycles. The highest BCUT2D eigenvalue weighted by molar-refractivity contribution is 5.76. The Morgan fingerprint density at radius 3 is 1.11 bits per heavy atom. The number of quaternary nitrogens is 1. The minimum Gasteiger partial charge on any atom is -0.391 e. The molecule has 2 amide bonds. The van der Waals surface area contributed by atoms with E-state index in [1.165, 1.54) is 89.9 Å². The second kappa shape index (κ2) is 26.4. The Morgan fingerprint density at radius 2 is 0.811 bits per heavy atom. The molecule has 4 N–H and O–H groups in total. The molecule has 0 aliphatic carbocycles. The molecular formula is C30H62N3O4+. The van der Waals surface area contributed by atoms with Crippen LogP contribution in [0.2, 0.25) is 0 Å². The third-order valence-electron chi connectivity index (χ3n) is 7.39. The summed E-state index contributed by atoms with van der Waals surface area (Å²) in [6, 6.07) is 0. The second-order valence-corrected chi connectivity index (χ2v) is 10.9. The summed E-state index contributed by atoms with van der Waals surface area (Å²) < 4.78 is 0.250. The number of carbonyl (C=O) groups excluding carboxylic acids is 2. The standard InChI is InChI=1S/C30H61N3O4/c1-3-5-7-9-11-13-15-17-19-21-29(36)31-27-33(23-25-34,24-26-35)28-32-30(37)22-20-18-16-14-12-10-8-6-4-2/h34-35H,3-28H2,1-2H3,(H-,31,32,36,37)/p+1. The zero-order chi connectivity index (χ0) is 27.5. The fraction of sp³-hybridized carbons (Fsp3) is 0.933. The van der Waals surface area contributed by atoms with E-state index < -0.39 is 0 Å². The highest BCUT2D eigenvalue weighted by atomic mass is 16.3. The Morgan fingerprint density at radius 1 is 0.514 bits per heavy atom. The van der Waals surface area contributed by atoms with Crippen LogP contribution in [0.1, 0.15) is 142 Å². The molecule has 0 heterocycles. The fourth-order valence-corrected chi connectivity index (χ4v) is 4.79. The van der Waals surface area contributed by atoms with E-state index in [1.807, 2.05) is 0 Å². The number of hydrogen-bond donors (Lipinski definition) is 4. The van der Waals surface area contributed by atoms with Gasteiger partial charge >= 0.3 is 0 Å². The van der Waals surface area contributed by atoms with Gasteiger partial charge in [0.25, 0.3) is 0 Å². The van der Waals surface area contributed by atoms with Gasteiger partial charge < -0.3 is 20.8 Å². The number of rotatable bonds is 28. The van der Waals surface area contributed by atoms with Crippen LogP contribution in [0.5, 0.6) is 0 Å². The van der Waals surface area contributed by atoms with Gasteiger partial charge in [-0.05, 0) is 12.8 Å². The second-order valence-electron chi connectivity index (χ2n) is 10.9. The number of aliphatic hydroxyl groups excluding tert-OH is 2. The van der Waals surface area contributed by atoms with Gasteiger partial charge in [0.1, 0.15) is 13.1 Å². The van der Waals surface area contributed by atoms with Crippen molar-refractivity contribution in [1.82, 2.24) is 10.6 Å². The van der Waals surface area contributed by atoms with Crippen LogP contribution in [0.15, 0.2) is 0 Å². The van der Waals surface area contributed by atoms with Crippen LogP contribution in [-0.2, 0) is 9.59 Å². The Balaban J connectivity index is 4.18. The topological polar surface area (TPSA) is 98.7 Å². The third kappa shape index (κ3) is 22.5. The first-order valence-corrected chi connectivity index (χ1v) is 15.6. The van der Waals surface area contributed by atoms with Crippen molar-refractivity contribution in [2.45, 2.75) is 142 Å². The molecule has 220 valence electrons. The summed E-state index contributed by atoms with van der Waals surface area (Å²) >= 11 is 0. The maximum Gasteiger partial charge on any atom is 0.224 e. The lowest BCUT2D eigenvalue weighted by molar-refractivity contribution is -0.932. The van der Waals surface area contributed by atoms with Crippen LogP contribution >= 0.6 is 0 Å². The molecule has 0 aromatic heterocycles. The van der Waals surface area contributed by atoms with E-state index in [0.717, 1.165) is 25.7 Å². The van der Waals surface area contributed by atoms with Gasteiger partial charge in [0, 0.05) is 12.8 Å². The zero-order valence-corrected chi connectivity index (χ0v) is 24.5. The largest absolute Gasteiger partial charge is 0.391 e. The molecule has 0 radical (unpaired) electrons. The first-order chi connectivity index (χ1) is 18.0. The number of amides is 2. The molecule has 0 spiro atoms. The van der Waals surface area contributed by atoms with E-state index in [2.05, 4.69) is 24.5 Å². The normalized spacial score (nSPS) is 11.6. The number of nitrogens with one attached hydrogen (secondary N) is 2. The predicted octanol–water partition coefficient (Wildman–Crippen LogP) is 5.78. The number of nitrogens with zero attached hydrogens (tertiary/aromatic N) is 1. The summed E-state index contributed by atoms with van der Waals surface area (Å²) in [4.78, 5) is 24.8. The number of carbonyl (C=O) groups is 2. The Hall–Kier alpha value is -1.18. The number of aliphatic hydroxyl groups is 2. The van der Waals surface area contributed by atoms with Crippen molar-refractivity contribution >= 4 is 11.8 Å². The maximum absolute atomic E-state index is 12.4. The molecular weight excluding hydrogens is 466 g/mol. The fourth-order valence-electron chi connectivity index (χ4n) is 4.79. The monoisotopic (exact) mass is 528 g/mol. The van der Waals surface area contributed by atoms with E-state index in [4.69, 9.17) is 0 Å². The molecule has 0 bridgehead atoms. The van der Waals surface area contributed by atoms with Gasteiger partial charge in [-0.3, -0.25) is 14.1 Å². The molecule has 0 unspecified atom stereocenters. The summed E-state index contributed by atoms with van der Waals surface area (Å²) in [6.07, 6.45) is 22.9. The van der Waals surface area contributed by atoms with Crippen molar-refractivity contribution in [2.75, 3.05) is 39.6 Å². The summed E-state index contributed by atoms with van der Waals surface area (Å²) in [5.41, 5.74) is 0. The van der Waals surface area contributed by atoms with Crippen LogP contribution in [0, 0.1) is 0 Å². The lowest BCUT2D eigenvalue weighted by Crippen LogP contribution is -2.61.